The number of nitrogens with zero attached hydrogens (tertiary/aromatic N) is 4. The van der Waals surface area contributed by atoms with Gasteiger partial charge in [0.15, 0.2) is 11.5 Å². The van der Waals surface area contributed by atoms with E-state index in [2.05, 4.69) is 0 Å². The summed E-state index contributed by atoms with van der Waals surface area (Å²) in [5, 5.41) is 4.85. The van der Waals surface area contributed by atoms with Gasteiger partial charge < -0.3 is 9.47 Å². The summed E-state index contributed by atoms with van der Waals surface area (Å²) in [5.41, 5.74) is 3.57. The third-order valence-electron chi connectivity index (χ3n) is 7.51. The van der Waals surface area contributed by atoms with Gasteiger partial charge in [-0.1, -0.05) is 60.4 Å². The number of rotatable bonds is 7. The minimum atomic E-state index is -3.62. The second kappa shape index (κ2) is 11.3. The fourth-order valence-corrected chi connectivity index (χ4v) is 8.12. The van der Waals surface area contributed by atoms with Gasteiger partial charge in [-0.05, 0) is 60.9 Å². The fraction of sp³-hybridized carbons (Fsp3) is 0.194. The second-order valence-electron chi connectivity index (χ2n) is 10.3. The van der Waals surface area contributed by atoms with Crippen LogP contribution in [0.25, 0.3) is 23.0 Å². The van der Waals surface area contributed by atoms with Gasteiger partial charge >= 0.3 is 0 Å². The highest BCUT2D eigenvalue weighted by Crippen LogP contribution is 2.38. The van der Waals surface area contributed by atoms with Gasteiger partial charge in [0.25, 0.3) is 5.91 Å². The van der Waals surface area contributed by atoms with E-state index in [-0.39, 0.29) is 17.6 Å². The molecular formula is C31H26N4O5S3. The molecule has 4 aromatic rings. The molecule has 3 aliphatic heterocycles. The molecule has 1 aromatic heterocycles. The maximum atomic E-state index is 13.6. The molecule has 0 radical (unpaired) electrons. The van der Waals surface area contributed by atoms with Crippen LogP contribution < -0.4 is 9.47 Å². The number of thiocarbonyl (C=S) groups is 1. The molecule has 43 heavy (non-hydrogen) atoms. The number of aromatic nitrogens is 2. The molecule has 2 fully saturated rings. The number of ether oxygens (including phenoxy) is 2. The second-order valence-corrected chi connectivity index (χ2v) is 13.9. The van der Waals surface area contributed by atoms with Crippen molar-refractivity contribution in [2.24, 2.45) is 0 Å². The first-order chi connectivity index (χ1) is 20.9. The topological polar surface area (TPSA) is 94.0 Å². The summed E-state index contributed by atoms with van der Waals surface area (Å²) < 4.78 is 41.3. The van der Waals surface area contributed by atoms with Crippen LogP contribution in [0.4, 0.5) is 0 Å². The van der Waals surface area contributed by atoms with E-state index in [4.69, 9.17) is 26.8 Å². The van der Waals surface area contributed by atoms with Crippen molar-refractivity contribution in [1.82, 2.24) is 19.0 Å². The van der Waals surface area contributed by atoms with Crippen molar-refractivity contribution in [3.63, 3.8) is 0 Å². The van der Waals surface area contributed by atoms with Crippen LogP contribution in [0, 0.1) is 0 Å². The van der Waals surface area contributed by atoms with Crippen molar-refractivity contribution < 1.29 is 22.7 Å². The Morgan fingerprint density at radius 2 is 1.74 bits per heavy atom. The zero-order valence-electron chi connectivity index (χ0n) is 22.9. The number of benzene rings is 3. The third kappa shape index (κ3) is 5.35. The van der Waals surface area contributed by atoms with E-state index in [1.807, 2.05) is 60.8 Å². The normalized spacial score (nSPS) is 17.9. The van der Waals surface area contributed by atoms with Crippen LogP contribution in [0.15, 0.2) is 88.8 Å². The summed E-state index contributed by atoms with van der Waals surface area (Å²) in [7, 11) is -3.62. The molecule has 0 N–H and O–H groups in total. The Morgan fingerprint density at radius 1 is 0.953 bits per heavy atom. The highest BCUT2D eigenvalue weighted by atomic mass is 32.2. The first-order valence-corrected chi connectivity index (χ1v) is 16.4. The largest absolute Gasteiger partial charge is 0.454 e. The molecule has 0 bridgehead atoms. The molecule has 3 aliphatic rings. The summed E-state index contributed by atoms with van der Waals surface area (Å²) >= 11 is 6.83. The van der Waals surface area contributed by atoms with Crippen LogP contribution in [0.2, 0.25) is 0 Å². The number of hydrogen-bond acceptors (Lipinski definition) is 8. The Morgan fingerprint density at radius 3 is 2.56 bits per heavy atom. The summed E-state index contributed by atoms with van der Waals surface area (Å²) in [4.78, 5) is 15.8. The number of hydrogen-bond donors (Lipinski definition) is 0. The number of carbonyl (C=O) groups excluding carboxylic acids is 1. The third-order valence-corrected chi connectivity index (χ3v) is 10.8. The van der Waals surface area contributed by atoms with E-state index < -0.39 is 10.0 Å². The molecule has 2 saturated heterocycles. The van der Waals surface area contributed by atoms with Crippen LogP contribution in [0.3, 0.4) is 0 Å². The summed E-state index contributed by atoms with van der Waals surface area (Å²) in [6.45, 7) is 1.52. The molecule has 7 rings (SSSR count). The number of amides is 1. The first-order valence-electron chi connectivity index (χ1n) is 13.8. The van der Waals surface area contributed by atoms with Gasteiger partial charge in [-0.15, -0.1) is 0 Å². The van der Waals surface area contributed by atoms with Crippen molar-refractivity contribution >= 4 is 50.3 Å². The maximum absolute atomic E-state index is 13.6. The van der Waals surface area contributed by atoms with Crippen LogP contribution in [-0.2, 0) is 21.4 Å². The molecule has 4 heterocycles. The molecule has 9 nitrogen and oxygen atoms in total. The molecule has 0 aliphatic carbocycles. The monoisotopic (exact) mass is 630 g/mol. The molecule has 3 aromatic carbocycles. The Bertz CT molecular complexity index is 1880. The van der Waals surface area contributed by atoms with Crippen molar-refractivity contribution in [3.8, 4) is 28.4 Å². The van der Waals surface area contributed by atoms with E-state index in [0.717, 1.165) is 24.1 Å². The highest BCUT2D eigenvalue weighted by Gasteiger charge is 2.33. The van der Waals surface area contributed by atoms with Crippen LogP contribution in [0.5, 0.6) is 11.5 Å². The van der Waals surface area contributed by atoms with Gasteiger partial charge in [-0.2, -0.15) is 9.40 Å². The number of sulfonamides is 1. The fourth-order valence-electron chi connectivity index (χ4n) is 5.31. The quantitative estimate of drug-likeness (QED) is 0.197. The molecule has 0 saturated carbocycles. The molecular weight excluding hydrogens is 605 g/mol. The van der Waals surface area contributed by atoms with Crippen molar-refractivity contribution in [2.75, 3.05) is 19.9 Å². The van der Waals surface area contributed by atoms with E-state index in [1.54, 1.807) is 33.9 Å². The molecule has 0 unspecified atom stereocenters. The van der Waals surface area contributed by atoms with Gasteiger partial charge in [0.2, 0.25) is 16.8 Å². The Hall–Kier alpha value is -3.97. The molecule has 1 amide bonds. The number of thioether (sulfide) groups is 1. The van der Waals surface area contributed by atoms with E-state index in [0.29, 0.717) is 57.2 Å². The summed E-state index contributed by atoms with van der Waals surface area (Å²) in [6, 6.07) is 22.0. The van der Waals surface area contributed by atoms with Gasteiger partial charge in [-0.3, -0.25) is 9.69 Å². The lowest BCUT2D eigenvalue weighted by atomic mass is 10.1. The zero-order valence-corrected chi connectivity index (χ0v) is 25.3. The lowest BCUT2D eigenvalue weighted by Gasteiger charge is -2.16. The average Bonchev–Trinajstić information content (AvgIpc) is 3.84. The molecule has 0 atom stereocenters. The lowest BCUT2D eigenvalue weighted by molar-refractivity contribution is -0.122. The number of fused-ring (bicyclic) bond motifs is 1. The number of para-hydroxylation sites is 1. The number of carbonyl (C=O) groups is 1. The van der Waals surface area contributed by atoms with Crippen molar-refractivity contribution in [2.45, 2.75) is 24.3 Å². The predicted molar refractivity (Wildman–Crippen MR) is 168 cm³/mol. The lowest BCUT2D eigenvalue weighted by Crippen LogP contribution is -2.27. The first kappa shape index (κ1) is 27.8. The standard InChI is InChI=1S/C31H26N4O5S3/c36-30-28(42-31(41)34(30)18-21-11-12-26-27(15-21)40-20-39-26)17-23-19-35(24-8-2-1-3-9-24)32-29(23)22-7-6-10-25(16-22)43(37,38)33-13-4-5-14-33/h1-3,6-12,15-17,19H,4-5,13-14,18,20H2. The smallest absolute Gasteiger partial charge is 0.266 e. The van der Waals surface area contributed by atoms with E-state index in [9.17, 15) is 13.2 Å². The average molecular weight is 631 g/mol. The molecule has 12 heteroatoms. The van der Waals surface area contributed by atoms with Crippen LogP contribution in [-0.4, -0.2) is 57.5 Å². The predicted octanol–water partition coefficient (Wildman–Crippen LogP) is 5.45. The highest BCUT2D eigenvalue weighted by molar-refractivity contribution is 8.26. The van der Waals surface area contributed by atoms with Crippen molar-refractivity contribution in [3.05, 3.63) is 95.0 Å². The summed E-state index contributed by atoms with van der Waals surface area (Å²) in [5.74, 6) is 1.11. The van der Waals surface area contributed by atoms with E-state index in [1.165, 1.54) is 16.1 Å². The summed E-state index contributed by atoms with van der Waals surface area (Å²) in [6.07, 6.45) is 5.34. The SMILES string of the molecule is O=C1C(=Cc2cn(-c3ccccc3)nc2-c2cccc(S(=O)(=O)N3CCCC3)c2)SC(=S)N1Cc1ccc2c(c1)OCO2. The van der Waals surface area contributed by atoms with Crippen LogP contribution in [0.1, 0.15) is 24.0 Å². The van der Waals surface area contributed by atoms with Gasteiger partial charge in [0.05, 0.1) is 22.0 Å². The Balaban J connectivity index is 1.24. The van der Waals surface area contributed by atoms with Gasteiger partial charge in [-0.25, -0.2) is 13.1 Å². The maximum Gasteiger partial charge on any atom is 0.266 e. The molecule has 0 spiro atoms. The molecule has 218 valence electrons. The Labute approximate surface area is 258 Å². The zero-order chi connectivity index (χ0) is 29.6. The minimum absolute atomic E-state index is 0.175. The van der Waals surface area contributed by atoms with E-state index >= 15 is 0 Å². The minimum Gasteiger partial charge on any atom is -0.454 e. The Kier molecular flexibility index (Phi) is 7.29. The van der Waals surface area contributed by atoms with Crippen LogP contribution >= 0.6 is 24.0 Å². The van der Waals surface area contributed by atoms with Gasteiger partial charge in [0.1, 0.15) is 10.0 Å². The van der Waals surface area contributed by atoms with Crippen molar-refractivity contribution in [1.29, 1.82) is 0 Å². The van der Waals surface area contributed by atoms with Gasteiger partial charge in [0, 0.05) is 30.4 Å².